The highest BCUT2D eigenvalue weighted by Gasteiger charge is 2.29. The maximum Gasteiger partial charge on any atom is 0.326 e. The lowest BCUT2D eigenvalue weighted by Gasteiger charge is -2.21. The Hall–Kier alpha value is -5.16. The highest BCUT2D eigenvalue weighted by atomic mass is 32.1. The van der Waals surface area contributed by atoms with E-state index >= 15 is 0 Å². The summed E-state index contributed by atoms with van der Waals surface area (Å²) in [6.45, 7) is 12.7. The molecule has 2 atom stereocenters. The van der Waals surface area contributed by atoms with Crippen LogP contribution in [0.4, 0.5) is 0 Å². The molecule has 2 aromatic carbocycles. The van der Waals surface area contributed by atoms with E-state index in [1.165, 1.54) is 29.4 Å². The van der Waals surface area contributed by atoms with Gasteiger partial charge in [-0.2, -0.15) is 0 Å². The van der Waals surface area contributed by atoms with Crippen LogP contribution < -0.4 is 10.6 Å². The van der Waals surface area contributed by atoms with Crippen molar-refractivity contribution >= 4 is 29.1 Å². The Labute approximate surface area is 290 Å². The van der Waals surface area contributed by atoms with Crippen molar-refractivity contribution in [1.82, 2.24) is 30.6 Å². The molecule has 254 valence electrons. The number of carbonyl (C=O) groups is 3. The van der Waals surface area contributed by atoms with Crippen molar-refractivity contribution < 1.29 is 19.5 Å². The lowest BCUT2D eigenvalue weighted by atomic mass is 9.86. The molecule has 0 bridgehead atoms. The summed E-state index contributed by atoms with van der Waals surface area (Å²) >= 11 is 1.37. The standard InChI is InChI=1S/C38H42N6O4S/c1-37(2,3)27-13-11-24(12-14-27)26-19-40-33(41-20-26)25-9-7-23(8-10-25)17-29(43-35(46)31-15-16-32(49-31)38(4,5)6)34(45)44-30(36(47)48)18-28-21-39-22-42-28/h7-16,19-22,29-30H,17-18H2,1-6H3,(H,39,42)(H,43,46)(H,44,45)(H,47,48). The maximum atomic E-state index is 13.6. The van der Waals surface area contributed by atoms with E-state index in [1.54, 1.807) is 18.5 Å². The van der Waals surface area contributed by atoms with Crippen molar-refractivity contribution in [2.24, 2.45) is 0 Å². The zero-order valence-electron chi connectivity index (χ0n) is 28.6. The fourth-order valence-corrected chi connectivity index (χ4v) is 6.17. The molecule has 2 unspecified atom stereocenters. The summed E-state index contributed by atoms with van der Waals surface area (Å²) in [5.74, 6) is -1.65. The third-order valence-electron chi connectivity index (χ3n) is 8.17. The summed E-state index contributed by atoms with van der Waals surface area (Å²) in [5.41, 5.74) is 5.26. The lowest BCUT2D eigenvalue weighted by molar-refractivity contribution is -0.142. The molecule has 0 fully saturated rings. The summed E-state index contributed by atoms with van der Waals surface area (Å²) in [6, 6.07) is 17.3. The van der Waals surface area contributed by atoms with Gasteiger partial charge in [-0.1, -0.05) is 90.1 Å². The number of imidazole rings is 1. The van der Waals surface area contributed by atoms with Crippen LogP contribution in [0.2, 0.25) is 0 Å². The summed E-state index contributed by atoms with van der Waals surface area (Å²) in [6.07, 6.45) is 6.70. The Balaban J connectivity index is 1.32. The number of carboxylic acids is 1. The number of carboxylic acid groups (broad SMARTS) is 1. The van der Waals surface area contributed by atoms with Crippen LogP contribution in [0.25, 0.3) is 22.5 Å². The first-order valence-corrected chi connectivity index (χ1v) is 16.9. The Bertz CT molecular complexity index is 1890. The fourth-order valence-electron chi connectivity index (χ4n) is 5.20. The molecule has 0 saturated heterocycles. The Morgan fingerprint density at radius 1 is 0.755 bits per heavy atom. The van der Waals surface area contributed by atoms with Gasteiger partial charge >= 0.3 is 5.97 Å². The molecule has 0 aliphatic heterocycles. The number of aromatic amines is 1. The molecule has 4 N–H and O–H groups in total. The van der Waals surface area contributed by atoms with Gasteiger partial charge in [-0.25, -0.2) is 19.7 Å². The number of amides is 2. The summed E-state index contributed by atoms with van der Waals surface area (Å²) in [4.78, 5) is 56.5. The average molecular weight is 679 g/mol. The van der Waals surface area contributed by atoms with E-state index in [2.05, 4.69) is 96.4 Å². The first-order chi connectivity index (χ1) is 23.2. The molecule has 2 amide bonds. The van der Waals surface area contributed by atoms with Gasteiger partial charge in [0.25, 0.3) is 5.91 Å². The van der Waals surface area contributed by atoms with E-state index in [4.69, 9.17) is 0 Å². The monoisotopic (exact) mass is 678 g/mol. The minimum absolute atomic E-state index is 0.0112. The van der Waals surface area contributed by atoms with Crippen LogP contribution in [0.5, 0.6) is 0 Å². The van der Waals surface area contributed by atoms with Gasteiger partial charge in [0, 0.05) is 53.1 Å². The topological polar surface area (TPSA) is 150 Å². The predicted octanol–water partition coefficient (Wildman–Crippen LogP) is 6.34. The average Bonchev–Trinajstić information content (AvgIpc) is 3.77. The number of benzene rings is 2. The Kier molecular flexibility index (Phi) is 10.4. The second-order valence-electron chi connectivity index (χ2n) is 14.1. The smallest absolute Gasteiger partial charge is 0.326 e. The van der Waals surface area contributed by atoms with Gasteiger partial charge in [-0.15, -0.1) is 11.3 Å². The number of thiophene rings is 1. The quantitative estimate of drug-likeness (QED) is 0.127. The van der Waals surface area contributed by atoms with Gasteiger partial charge < -0.3 is 20.7 Å². The van der Waals surface area contributed by atoms with Crippen LogP contribution in [0.1, 0.15) is 72.9 Å². The van der Waals surface area contributed by atoms with Crippen LogP contribution in [-0.2, 0) is 33.3 Å². The predicted molar refractivity (Wildman–Crippen MR) is 191 cm³/mol. The highest BCUT2D eigenvalue weighted by Crippen LogP contribution is 2.30. The molecule has 3 heterocycles. The highest BCUT2D eigenvalue weighted by molar-refractivity contribution is 7.14. The van der Waals surface area contributed by atoms with E-state index in [9.17, 15) is 19.5 Å². The third kappa shape index (κ3) is 9.05. The first-order valence-electron chi connectivity index (χ1n) is 16.1. The minimum atomic E-state index is -1.22. The van der Waals surface area contributed by atoms with Crippen LogP contribution in [0, 0.1) is 0 Å². The van der Waals surface area contributed by atoms with Gasteiger partial charge in [-0.3, -0.25) is 9.59 Å². The molecule has 0 aliphatic carbocycles. The van der Waals surface area contributed by atoms with Gasteiger partial charge in [0.2, 0.25) is 5.91 Å². The van der Waals surface area contributed by atoms with Crippen molar-refractivity contribution in [2.45, 2.75) is 77.3 Å². The number of carbonyl (C=O) groups excluding carboxylic acids is 2. The molecular formula is C38H42N6O4S. The van der Waals surface area contributed by atoms with E-state index in [0.717, 1.165) is 27.1 Å². The SMILES string of the molecule is CC(C)(C)c1ccc(-c2cnc(-c3ccc(CC(NC(=O)c4ccc(C(C)(C)C)s4)C(=O)NC(Cc4cnc[nH]4)C(=O)O)cc3)nc2)cc1. The molecule has 11 heteroatoms. The number of H-pyrrole nitrogens is 1. The third-order valence-corrected chi connectivity index (χ3v) is 9.68. The lowest BCUT2D eigenvalue weighted by Crippen LogP contribution is -2.53. The molecule has 49 heavy (non-hydrogen) atoms. The summed E-state index contributed by atoms with van der Waals surface area (Å²) in [7, 11) is 0. The number of rotatable bonds is 11. The van der Waals surface area contributed by atoms with Crippen molar-refractivity contribution in [3.05, 3.63) is 112 Å². The number of aromatic nitrogens is 4. The number of hydrogen-bond acceptors (Lipinski definition) is 7. The molecule has 5 rings (SSSR count). The van der Waals surface area contributed by atoms with Crippen LogP contribution >= 0.6 is 11.3 Å². The van der Waals surface area contributed by atoms with E-state index < -0.39 is 29.9 Å². The van der Waals surface area contributed by atoms with Gasteiger partial charge in [0.15, 0.2) is 5.82 Å². The first kappa shape index (κ1) is 35.2. The number of aliphatic carboxylic acids is 1. The van der Waals surface area contributed by atoms with Crippen molar-refractivity contribution in [1.29, 1.82) is 0 Å². The molecule has 0 saturated carbocycles. The molecule has 5 aromatic rings. The second-order valence-corrected chi connectivity index (χ2v) is 15.2. The zero-order valence-corrected chi connectivity index (χ0v) is 29.4. The minimum Gasteiger partial charge on any atom is -0.480 e. The zero-order chi connectivity index (χ0) is 35.3. The number of nitrogens with zero attached hydrogens (tertiary/aromatic N) is 3. The summed E-state index contributed by atoms with van der Waals surface area (Å²) in [5, 5.41) is 15.3. The summed E-state index contributed by atoms with van der Waals surface area (Å²) < 4.78 is 0. The van der Waals surface area contributed by atoms with Crippen molar-refractivity contribution in [2.75, 3.05) is 0 Å². The Morgan fingerprint density at radius 2 is 1.41 bits per heavy atom. The second kappa shape index (κ2) is 14.5. The largest absolute Gasteiger partial charge is 0.480 e. The number of hydrogen-bond donors (Lipinski definition) is 4. The normalized spacial score (nSPS) is 13.0. The van der Waals surface area contributed by atoms with Gasteiger partial charge in [-0.05, 0) is 39.7 Å². The van der Waals surface area contributed by atoms with Crippen LogP contribution in [-0.4, -0.2) is 54.9 Å². The molecule has 0 radical (unpaired) electrons. The van der Waals surface area contributed by atoms with Gasteiger partial charge in [0.05, 0.1) is 11.2 Å². The van der Waals surface area contributed by atoms with Crippen molar-refractivity contribution in [3.63, 3.8) is 0 Å². The van der Waals surface area contributed by atoms with Crippen LogP contribution in [0.3, 0.4) is 0 Å². The molecule has 0 spiro atoms. The van der Waals surface area contributed by atoms with E-state index in [1.807, 2.05) is 30.3 Å². The van der Waals surface area contributed by atoms with Crippen molar-refractivity contribution in [3.8, 4) is 22.5 Å². The van der Waals surface area contributed by atoms with Gasteiger partial charge in [0.1, 0.15) is 12.1 Å². The molecular weight excluding hydrogens is 637 g/mol. The Morgan fingerprint density at radius 3 is 1.96 bits per heavy atom. The molecule has 10 nitrogen and oxygen atoms in total. The number of nitrogens with one attached hydrogen (secondary N) is 3. The van der Waals surface area contributed by atoms with E-state index in [0.29, 0.717) is 16.4 Å². The van der Waals surface area contributed by atoms with E-state index in [-0.39, 0.29) is 23.7 Å². The fraction of sp³-hybridized carbons (Fsp3) is 0.316. The van der Waals surface area contributed by atoms with Crippen LogP contribution in [0.15, 0.2) is 85.6 Å². The molecule has 3 aromatic heterocycles. The maximum absolute atomic E-state index is 13.6. The molecule has 0 aliphatic rings.